The van der Waals surface area contributed by atoms with Crippen molar-refractivity contribution in [3.05, 3.63) is 70.9 Å². The highest BCUT2D eigenvalue weighted by molar-refractivity contribution is 7.19. The zero-order valence-corrected chi connectivity index (χ0v) is 18.2. The summed E-state index contributed by atoms with van der Waals surface area (Å²) in [6, 6.07) is 15.7. The molecular weight excluding hydrogens is 394 g/mol. The Labute approximate surface area is 179 Å². The van der Waals surface area contributed by atoms with Crippen molar-refractivity contribution in [3.63, 3.8) is 0 Å². The van der Waals surface area contributed by atoms with Crippen molar-refractivity contribution in [1.29, 1.82) is 0 Å². The average molecular weight is 418 g/mol. The Bertz CT molecular complexity index is 1210. The highest BCUT2D eigenvalue weighted by Crippen LogP contribution is 2.41. The van der Waals surface area contributed by atoms with Gasteiger partial charge in [0.1, 0.15) is 17.0 Å². The Hall–Kier alpha value is -3.25. The van der Waals surface area contributed by atoms with Gasteiger partial charge >= 0.3 is 5.97 Å². The first kappa shape index (κ1) is 20.0. The van der Waals surface area contributed by atoms with Gasteiger partial charge in [0.15, 0.2) is 0 Å². The second kappa shape index (κ2) is 8.24. The molecule has 0 amide bonds. The number of nitrogens with zero attached hydrogens (tertiary/aromatic N) is 2. The van der Waals surface area contributed by atoms with E-state index in [2.05, 4.69) is 53.4 Å². The van der Waals surface area contributed by atoms with Gasteiger partial charge in [-0.25, -0.2) is 14.8 Å². The number of aromatic nitrogens is 2. The smallest absolute Gasteiger partial charge is 0.338 e. The predicted octanol–water partition coefficient (Wildman–Crippen LogP) is 6.28. The number of hydrogen-bond donors (Lipinski definition) is 1. The number of aryl methyl sites for hydroxylation is 2. The molecule has 0 saturated carbocycles. The fourth-order valence-corrected chi connectivity index (χ4v) is 4.36. The van der Waals surface area contributed by atoms with Gasteiger partial charge in [0, 0.05) is 16.1 Å². The van der Waals surface area contributed by atoms with Crippen molar-refractivity contribution in [3.8, 4) is 11.1 Å². The number of fused-ring (bicyclic) bond motifs is 1. The van der Waals surface area contributed by atoms with E-state index in [4.69, 9.17) is 4.74 Å². The minimum absolute atomic E-state index is 0.165. The molecule has 30 heavy (non-hydrogen) atoms. The predicted molar refractivity (Wildman–Crippen MR) is 123 cm³/mol. The van der Waals surface area contributed by atoms with Crippen molar-refractivity contribution in [1.82, 2.24) is 9.97 Å². The zero-order valence-electron chi connectivity index (χ0n) is 17.4. The van der Waals surface area contributed by atoms with Crippen LogP contribution in [-0.2, 0) is 4.74 Å². The van der Waals surface area contributed by atoms with Crippen molar-refractivity contribution in [2.24, 2.45) is 0 Å². The van der Waals surface area contributed by atoms with Gasteiger partial charge in [0.25, 0.3) is 0 Å². The van der Waals surface area contributed by atoms with Crippen LogP contribution in [0.25, 0.3) is 21.3 Å². The molecule has 0 bridgehead atoms. The van der Waals surface area contributed by atoms with Gasteiger partial charge < -0.3 is 10.1 Å². The second-order valence-corrected chi connectivity index (χ2v) is 8.66. The van der Waals surface area contributed by atoms with Gasteiger partial charge in [-0.15, -0.1) is 11.3 Å². The lowest BCUT2D eigenvalue weighted by atomic mass is 10.0. The lowest BCUT2D eigenvalue weighted by Crippen LogP contribution is -2.11. The number of esters is 1. The molecule has 0 aliphatic carbocycles. The first-order chi connectivity index (χ1) is 14.4. The summed E-state index contributed by atoms with van der Waals surface area (Å²) in [7, 11) is 0. The molecule has 0 atom stereocenters. The van der Waals surface area contributed by atoms with Crippen molar-refractivity contribution in [2.45, 2.75) is 33.8 Å². The topological polar surface area (TPSA) is 64.1 Å². The third-order valence-corrected chi connectivity index (χ3v) is 5.72. The summed E-state index contributed by atoms with van der Waals surface area (Å²) in [4.78, 5) is 23.4. The molecule has 0 unspecified atom stereocenters. The molecule has 0 fully saturated rings. The third-order valence-electron chi connectivity index (χ3n) is 4.71. The van der Waals surface area contributed by atoms with E-state index in [1.54, 1.807) is 29.8 Å². The van der Waals surface area contributed by atoms with Gasteiger partial charge in [-0.05, 0) is 51.5 Å². The van der Waals surface area contributed by atoms with E-state index >= 15 is 0 Å². The summed E-state index contributed by atoms with van der Waals surface area (Å²) in [6.07, 6.45) is 1.40. The molecule has 0 radical (unpaired) electrons. The molecule has 0 spiro atoms. The number of hydrogen-bond acceptors (Lipinski definition) is 6. The summed E-state index contributed by atoms with van der Waals surface area (Å²) in [5.41, 5.74) is 4.76. The second-order valence-electron chi connectivity index (χ2n) is 7.46. The number of rotatable bonds is 5. The number of benzene rings is 2. The monoisotopic (exact) mass is 417 g/mol. The Kier molecular flexibility index (Phi) is 5.50. The summed E-state index contributed by atoms with van der Waals surface area (Å²) in [6.45, 7) is 7.86. The first-order valence-electron chi connectivity index (χ1n) is 9.81. The van der Waals surface area contributed by atoms with Gasteiger partial charge in [-0.2, -0.15) is 0 Å². The van der Waals surface area contributed by atoms with E-state index in [1.807, 2.05) is 26.0 Å². The normalized spacial score (nSPS) is 11.1. The van der Waals surface area contributed by atoms with Crippen molar-refractivity contribution in [2.75, 3.05) is 5.32 Å². The minimum atomic E-state index is -0.340. The van der Waals surface area contributed by atoms with E-state index in [0.717, 1.165) is 27.0 Å². The molecule has 4 rings (SSSR count). The van der Waals surface area contributed by atoms with Crippen LogP contribution in [0.2, 0.25) is 0 Å². The van der Waals surface area contributed by atoms with Crippen LogP contribution in [0.3, 0.4) is 0 Å². The maximum absolute atomic E-state index is 12.3. The van der Waals surface area contributed by atoms with Crippen LogP contribution in [0.4, 0.5) is 11.5 Å². The van der Waals surface area contributed by atoms with Gasteiger partial charge in [0.05, 0.1) is 17.1 Å². The Morgan fingerprint density at radius 3 is 2.57 bits per heavy atom. The lowest BCUT2D eigenvalue weighted by molar-refractivity contribution is 0.0378. The molecule has 2 aromatic carbocycles. The Morgan fingerprint density at radius 1 is 1.07 bits per heavy atom. The van der Waals surface area contributed by atoms with Gasteiger partial charge in [-0.1, -0.05) is 35.9 Å². The molecule has 0 saturated heterocycles. The van der Waals surface area contributed by atoms with Crippen LogP contribution in [0.5, 0.6) is 0 Å². The van der Waals surface area contributed by atoms with Gasteiger partial charge in [-0.3, -0.25) is 0 Å². The maximum Gasteiger partial charge on any atom is 0.338 e. The van der Waals surface area contributed by atoms with E-state index in [1.165, 1.54) is 10.4 Å². The average Bonchev–Trinajstić information content (AvgIpc) is 3.05. The van der Waals surface area contributed by atoms with Crippen LogP contribution in [0.15, 0.2) is 54.9 Å². The van der Waals surface area contributed by atoms with Crippen molar-refractivity contribution >= 4 is 39.0 Å². The van der Waals surface area contributed by atoms with E-state index in [0.29, 0.717) is 11.4 Å². The molecule has 1 N–H and O–H groups in total. The van der Waals surface area contributed by atoms with E-state index in [-0.39, 0.29) is 12.1 Å². The van der Waals surface area contributed by atoms with Crippen molar-refractivity contribution < 1.29 is 9.53 Å². The number of thiophene rings is 1. The van der Waals surface area contributed by atoms with E-state index < -0.39 is 0 Å². The number of ether oxygens (including phenoxy) is 1. The van der Waals surface area contributed by atoms with Crippen LogP contribution in [-0.4, -0.2) is 22.0 Å². The molecule has 0 aliphatic heterocycles. The Balaban J connectivity index is 1.76. The van der Waals surface area contributed by atoms with Crippen LogP contribution < -0.4 is 5.32 Å². The Morgan fingerprint density at radius 2 is 1.83 bits per heavy atom. The lowest BCUT2D eigenvalue weighted by Gasteiger charge is -2.11. The van der Waals surface area contributed by atoms with Crippen LogP contribution >= 0.6 is 11.3 Å². The number of nitrogens with one attached hydrogen (secondary N) is 1. The zero-order chi connectivity index (χ0) is 21.3. The summed E-state index contributed by atoms with van der Waals surface area (Å²) in [5.74, 6) is 0.377. The highest BCUT2D eigenvalue weighted by atomic mass is 32.1. The standard InChI is InChI=1S/C24H23N3O2S/c1-14(2)29-24(28)18-6-5-7-19(12-18)27-22-21-20(17-10-8-15(3)9-11-17)16(4)30-23(21)26-13-25-22/h5-14H,1-4H3,(H,25,26,27). The van der Waals surface area contributed by atoms with Crippen LogP contribution in [0.1, 0.15) is 34.6 Å². The van der Waals surface area contributed by atoms with Gasteiger partial charge in [0.2, 0.25) is 0 Å². The van der Waals surface area contributed by atoms with Crippen LogP contribution in [0, 0.1) is 13.8 Å². The minimum Gasteiger partial charge on any atom is -0.459 e. The molecule has 2 heterocycles. The first-order valence-corrected chi connectivity index (χ1v) is 10.6. The number of carbonyl (C=O) groups excluding carboxylic acids is 1. The molecule has 152 valence electrons. The quantitative estimate of drug-likeness (QED) is 0.387. The number of anilines is 2. The molecule has 5 nitrogen and oxygen atoms in total. The fraction of sp³-hybridized carbons (Fsp3) is 0.208. The molecule has 0 aliphatic rings. The number of carbonyl (C=O) groups is 1. The summed E-state index contributed by atoms with van der Waals surface area (Å²) in [5, 5.41) is 4.36. The van der Waals surface area contributed by atoms with E-state index in [9.17, 15) is 4.79 Å². The molecule has 4 aromatic rings. The maximum atomic E-state index is 12.3. The summed E-state index contributed by atoms with van der Waals surface area (Å²) >= 11 is 1.65. The fourth-order valence-electron chi connectivity index (χ4n) is 3.35. The SMILES string of the molecule is Cc1ccc(-c2c(C)sc3ncnc(Nc4cccc(C(=O)OC(C)C)c4)c23)cc1. The molecule has 2 aromatic heterocycles. The highest BCUT2D eigenvalue weighted by Gasteiger charge is 2.17. The molecular formula is C24H23N3O2S. The summed E-state index contributed by atoms with van der Waals surface area (Å²) < 4.78 is 5.31. The molecule has 6 heteroatoms. The largest absolute Gasteiger partial charge is 0.459 e. The third kappa shape index (κ3) is 4.04.